The molecule has 3 heteroatoms. The third-order valence-electron chi connectivity index (χ3n) is 7.65. The van der Waals surface area contributed by atoms with Crippen LogP contribution >= 0.6 is 0 Å². The molecule has 3 nitrogen and oxygen atoms in total. The molecule has 5 aromatic carbocycles. The van der Waals surface area contributed by atoms with Crippen molar-refractivity contribution in [1.82, 2.24) is 4.98 Å². The van der Waals surface area contributed by atoms with E-state index in [4.69, 9.17) is 11.5 Å². The molecule has 0 fully saturated rings. The Morgan fingerprint density at radius 3 is 1.97 bits per heavy atom. The highest BCUT2D eigenvalue weighted by atomic mass is 15.0. The van der Waals surface area contributed by atoms with Crippen LogP contribution in [0.2, 0.25) is 0 Å². The first-order valence-electron chi connectivity index (χ1n) is 12.5. The van der Waals surface area contributed by atoms with Crippen LogP contribution in [0.1, 0.15) is 30.9 Å². The summed E-state index contributed by atoms with van der Waals surface area (Å²) in [5.41, 5.74) is 17.1. The van der Waals surface area contributed by atoms with Gasteiger partial charge in [0.05, 0.1) is 5.66 Å². The lowest BCUT2D eigenvalue weighted by atomic mass is 9.74. The molecule has 0 bridgehead atoms. The van der Waals surface area contributed by atoms with Crippen LogP contribution < -0.4 is 11.5 Å². The number of hydrogen-bond donors (Lipinski definition) is 3. The van der Waals surface area contributed by atoms with Gasteiger partial charge in [0.15, 0.2) is 0 Å². The molecule has 1 aliphatic carbocycles. The van der Waals surface area contributed by atoms with Crippen LogP contribution in [0.4, 0.5) is 0 Å². The van der Waals surface area contributed by atoms with Crippen LogP contribution in [0.15, 0.2) is 97.1 Å². The van der Waals surface area contributed by atoms with E-state index < -0.39 is 5.66 Å². The first-order chi connectivity index (χ1) is 17.0. The third-order valence-corrected chi connectivity index (χ3v) is 7.65. The quantitative estimate of drug-likeness (QED) is 0.178. The van der Waals surface area contributed by atoms with Gasteiger partial charge >= 0.3 is 0 Å². The van der Waals surface area contributed by atoms with Gasteiger partial charge in [0.2, 0.25) is 0 Å². The minimum absolute atomic E-state index is 0.569. The Labute approximate surface area is 205 Å². The van der Waals surface area contributed by atoms with Gasteiger partial charge < -0.3 is 16.5 Å². The van der Waals surface area contributed by atoms with Crippen molar-refractivity contribution in [2.24, 2.45) is 17.4 Å². The van der Waals surface area contributed by atoms with Gasteiger partial charge in [-0.2, -0.15) is 0 Å². The number of H-pyrrole nitrogens is 1. The molecular formula is C32H31N3. The minimum Gasteiger partial charge on any atom is -0.355 e. The molecule has 0 saturated carbocycles. The molecule has 1 aromatic heterocycles. The van der Waals surface area contributed by atoms with Gasteiger partial charge in [-0.3, -0.25) is 0 Å². The van der Waals surface area contributed by atoms with E-state index in [0.717, 1.165) is 24.8 Å². The number of aromatic nitrogens is 1. The Hall–Kier alpha value is -3.66. The summed E-state index contributed by atoms with van der Waals surface area (Å²) in [6, 6.07) is 34.1. The molecular weight excluding hydrogens is 426 g/mol. The van der Waals surface area contributed by atoms with Crippen LogP contribution in [0, 0.1) is 5.92 Å². The summed E-state index contributed by atoms with van der Waals surface area (Å²) in [7, 11) is 0. The number of nitrogens with two attached hydrogens (primary N) is 2. The second-order valence-corrected chi connectivity index (χ2v) is 9.91. The molecule has 0 aliphatic heterocycles. The van der Waals surface area contributed by atoms with E-state index in [1.807, 2.05) is 0 Å². The lowest BCUT2D eigenvalue weighted by Crippen LogP contribution is -2.50. The smallest absolute Gasteiger partial charge is 0.0905 e. The number of nitrogens with one attached hydrogen (secondary N) is 1. The summed E-state index contributed by atoms with van der Waals surface area (Å²) in [5, 5.41) is 7.82. The highest BCUT2D eigenvalue weighted by Gasteiger charge is 2.34. The second kappa shape index (κ2) is 8.53. The van der Waals surface area contributed by atoms with Gasteiger partial charge in [-0.25, -0.2) is 0 Å². The molecule has 1 atom stereocenters. The lowest BCUT2D eigenvalue weighted by Gasteiger charge is -2.37. The third kappa shape index (κ3) is 3.78. The number of rotatable bonds is 1. The van der Waals surface area contributed by atoms with Crippen LogP contribution in [0.5, 0.6) is 0 Å². The summed E-state index contributed by atoms with van der Waals surface area (Å²) >= 11 is 0. The van der Waals surface area contributed by atoms with Crippen molar-refractivity contribution in [1.29, 1.82) is 0 Å². The highest BCUT2D eigenvalue weighted by Crippen LogP contribution is 2.40. The largest absolute Gasteiger partial charge is 0.355 e. The molecule has 0 saturated heterocycles. The predicted molar refractivity (Wildman–Crippen MR) is 149 cm³/mol. The monoisotopic (exact) mass is 457 g/mol. The van der Waals surface area contributed by atoms with Crippen LogP contribution in [0.3, 0.4) is 0 Å². The molecule has 7 rings (SSSR count). The minimum atomic E-state index is -0.700. The normalized spacial score (nSPS) is 16.8. The molecule has 6 aromatic rings. The SMILES string of the molecule is CCC1Cc2c(ccc3c2ccc2ccccc23)C(N)(N)C1.c1ccc2c(c1)[nH]c1ccccc12. The van der Waals surface area contributed by atoms with Crippen molar-refractivity contribution in [2.75, 3.05) is 0 Å². The Balaban J connectivity index is 0.000000149. The molecule has 35 heavy (non-hydrogen) atoms. The maximum atomic E-state index is 6.44. The average molecular weight is 458 g/mol. The van der Waals surface area contributed by atoms with Gasteiger partial charge in [0.1, 0.15) is 0 Å². The molecule has 0 spiro atoms. The number of benzene rings is 5. The zero-order valence-corrected chi connectivity index (χ0v) is 20.1. The van der Waals surface area contributed by atoms with Crippen LogP contribution in [-0.2, 0) is 12.1 Å². The van der Waals surface area contributed by atoms with Crippen LogP contribution in [-0.4, -0.2) is 4.98 Å². The topological polar surface area (TPSA) is 67.8 Å². The molecule has 5 N–H and O–H groups in total. The van der Waals surface area contributed by atoms with Crippen molar-refractivity contribution < 1.29 is 0 Å². The van der Waals surface area contributed by atoms with E-state index in [1.54, 1.807) is 0 Å². The molecule has 0 amide bonds. The Morgan fingerprint density at radius 1 is 0.686 bits per heavy atom. The van der Waals surface area contributed by atoms with Gasteiger partial charge in [-0.05, 0) is 63.6 Å². The van der Waals surface area contributed by atoms with Gasteiger partial charge in [0.25, 0.3) is 0 Å². The van der Waals surface area contributed by atoms with Gasteiger partial charge in [0, 0.05) is 21.8 Å². The first-order valence-corrected chi connectivity index (χ1v) is 12.5. The lowest BCUT2D eigenvalue weighted by molar-refractivity contribution is 0.295. The Morgan fingerprint density at radius 2 is 1.29 bits per heavy atom. The summed E-state index contributed by atoms with van der Waals surface area (Å²) in [6.45, 7) is 2.23. The van der Waals surface area contributed by atoms with Crippen molar-refractivity contribution >= 4 is 43.4 Å². The molecule has 1 aliphatic rings. The second-order valence-electron chi connectivity index (χ2n) is 9.91. The maximum Gasteiger partial charge on any atom is 0.0905 e. The molecule has 174 valence electrons. The Bertz CT molecular complexity index is 1620. The van der Waals surface area contributed by atoms with Crippen molar-refractivity contribution in [3.05, 3.63) is 108 Å². The van der Waals surface area contributed by atoms with Crippen LogP contribution in [0.25, 0.3) is 43.4 Å². The van der Waals surface area contributed by atoms with E-state index in [1.165, 1.54) is 48.9 Å². The fraction of sp³-hybridized carbons (Fsp3) is 0.188. The van der Waals surface area contributed by atoms with E-state index in [0.29, 0.717) is 5.92 Å². The molecule has 1 heterocycles. The zero-order valence-electron chi connectivity index (χ0n) is 20.1. The van der Waals surface area contributed by atoms with Gasteiger partial charge in [-0.15, -0.1) is 0 Å². The van der Waals surface area contributed by atoms with Crippen molar-refractivity contribution in [2.45, 2.75) is 31.8 Å². The number of fused-ring (bicyclic) bond motifs is 8. The molecule has 1 unspecified atom stereocenters. The fourth-order valence-electron chi connectivity index (χ4n) is 5.84. The number of aromatic amines is 1. The van der Waals surface area contributed by atoms with E-state index in [-0.39, 0.29) is 0 Å². The van der Waals surface area contributed by atoms with Crippen molar-refractivity contribution in [3.63, 3.8) is 0 Å². The van der Waals surface area contributed by atoms with Gasteiger partial charge in [-0.1, -0.05) is 98.3 Å². The summed E-state index contributed by atoms with van der Waals surface area (Å²) < 4.78 is 0. The molecule has 0 radical (unpaired) electrons. The fourth-order valence-corrected chi connectivity index (χ4v) is 5.84. The number of para-hydroxylation sites is 2. The number of hydrogen-bond acceptors (Lipinski definition) is 2. The zero-order chi connectivity index (χ0) is 24.0. The highest BCUT2D eigenvalue weighted by molar-refractivity contribution is 6.09. The maximum absolute atomic E-state index is 6.44. The van der Waals surface area contributed by atoms with E-state index >= 15 is 0 Å². The van der Waals surface area contributed by atoms with E-state index in [2.05, 4.69) is 109 Å². The average Bonchev–Trinajstić information content (AvgIpc) is 3.27. The summed E-state index contributed by atoms with van der Waals surface area (Å²) in [6.07, 6.45) is 3.08. The standard InChI is InChI=1S/C20H22N2.C12H9N/c1-2-13-11-18-17-8-7-14-5-3-4-6-15(14)16(17)9-10-19(18)20(21,22)12-13;1-3-7-11-9(5-1)10-6-2-4-8-12(10)13-11/h3-10,13H,2,11-12,21-22H2,1H3;1-8,13H. The summed E-state index contributed by atoms with van der Waals surface area (Å²) in [4.78, 5) is 3.38. The van der Waals surface area contributed by atoms with Crippen molar-refractivity contribution in [3.8, 4) is 0 Å². The van der Waals surface area contributed by atoms with E-state index in [9.17, 15) is 0 Å². The predicted octanol–water partition coefficient (Wildman–Crippen LogP) is 7.36. The summed E-state index contributed by atoms with van der Waals surface area (Å²) in [5.74, 6) is 0.569. The Kier molecular flexibility index (Phi) is 5.32. The first kappa shape index (κ1) is 21.8.